The fraction of sp³-hybridized carbons (Fsp3) is 0.0833. The van der Waals surface area contributed by atoms with Crippen LogP contribution in [0.5, 0.6) is 0 Å². The zero-order valence-corrected chi connectivity index (χ0v) is 9.59. The van der Waals surface area contributed by atoms with Gasteiger partial charge in [-0.25, -0.2) is 9.97 Å². The zero-order chi connectivity index (χ0) is 12.4. The van der Waals surface area contributed by atoms with Crippen LogP contribution in [0.4, 0.5) is 11.6 Å². The molecule has 0 atom stereocenters. The van der Waals surface area contributed by atoms with Gasteiger partial charge >= 0.3 is 0 Å². The number of imidazole rings is 1. The smallest absolute Gasteiger partial charge is 0.225 e. The number of nitrogen functional groups attached to an aromatic ring is 1. The Hall–Kier alpha value is -2.63. The summed E-state index contributed by atoms with van der Waals surface area (Å²) >= 11 is 0. The number of anilines is 2. The van der Waals surface area contributed by atoms with E-state index in [1.165, 1.54) is 0 Å². The molecule has 0 saturated carbocycles. The Kier molecular flexibility index (Phi) is 2.53. The number of nitrogens with two attached hydrogens (primary N) is 1. The molecule has 2 aromatic heterocycles. The third-order valence-corrected chi connectivity index (χ3v) is 2.67. The Balaban J connectivity index is 1.78. The lowest BCUT2D eigenvalue weighted by Crippen LogP contribution is -2.05. The molecule has 0 aliphatic carbocycles. The Labute approximate surface area is 103 Å². The largest absolute Gasteiger partial charge is 0.398 e. The lowest BCUT2D eigenvalue weighted by molar-refractivity contribution is 1.07. The van der Waals surface area contributed by atoms with E-state index in [0.717, 1.165) is 16.8 Å². The quantitative estimate of drug-likeness (QED) is 0.604. The molecule has 3 rings (SSSR count). The number of hydrogen-bond acceptors (Lipinski definition) is 5. The first-order valence-corrected chi connectivity index (χ1v) is 5.56. The average Bonchev–Trinajstić information content (AvgIpc) is 2.85. The topological polar surface area (TPSA) is 92.5 Å². The van der Waals surface area contributed by atoms with E-state index in [4.69, 9.17) is 5.73 Å². The van der Waals surface area contributed by atoms with Crippen molar-refractivity contribution in [1.82, 2.24) is 19.9 Å². The number of hydrogen-bond donors (Lipinski definition) is 3. The van der Waals surface area contributed by atoms with Gasteiger partial charge in [0, 0.05) is 12.2 Å². The second-order valence-electron chi connectivity index (χ2n) is 3.89. The van der Waals surface area contributed by atoms with Gasteiger partial charge in [-0.1, -0.05) is 18.2 Å². The molecule has 90 valence electrons. The van der Waals surface area contributed by atoms with Crippen LogP contribution >= 0.6 is 0 Å². The van der Waals surface area contributed by atoms with E-state index in [1.807, 2.05) is 24.3 Å². The van der Waals surface area contributed by atoms with Crippen LogP contribution in [0.1, 0.15) is 5.56 Å². The van der Waals surface area contributed by atoms with Gasteiger partial charge in [0.05, 0.1) is 12.5 Å². The molecule has 0 spiro atoms. The Morgan fingerprint density at radius 2 is 2.11 bits per heavy atom. The summed E-state index contributed by atoms with van der Waals surface area (Å²) in [6.07, 6.45) is 3.30. The van der Waals surface area contributed by atoms with E-state index >= 15 is 0 Å². The van der Waals surface area contributed by atoms with Crippen molar-refractivity contribution in [2.24, 2.45) is 0 Å². The third-order valence-electron chi connectivity index (χ3n) is 2.67. The first-order valence-electron chi connectivity index (χ1n) is 5.56. The summed E-state index contributed by atoms with van der Waals surface area (Å²) in [7, 11) is 0. The van der Waals surface area contributed by atoms with Crippen molar-refractivity contribution in [3.63, 3.8) is 0 Å². The van der Waals surface area contributed by atoms with Crippen LogP contribution in [0.2, 0.25) is 0 Å². The van der Waals surface area contributed by atoms with Gasteiger partial charge in [0.25, 0.3) is 0 Å². The molecule has 0 radical (unpaired) electrons. The highest BCUT2D eigenvalue weighted by Crippen LogP contribution is 2.13. The van der Waals surface area contributed by atoms with Gasteiger partial charge in [-0.15, -0.1) is 0 Å². The number of aromatic nitrogens is 4. The highest BCUT2D eigenvalue weighted by Gasteiger charge is 2.02. The maximum atomic E-state index is 5.86. The highest BCUT2D eigenvalue weighted by atomic mass is 15.1. The molecule has 1 aromatic carbocycles. The van der Waals surface area contributed by atoms with E-state index in [2.05, 4.69) is 25.3 Å². The lowest BCUT2D eigenvalue weighted by Gasteiger charge is -2.06. The maximum Gasteiger partial charge on any atom is 0.225 e. The molecule has 4 N–H and O–H groups in total. The first kappa shape index (κ1) is 10.5. The van der Waals surface area contributed by atoms with Gasteiger partial charge in [-0.05, 0) is 11.6 Å². The van der Waals surface area contributed by atoms with Gasteiger partial charge in [0.1, 0.15) is 5.52 Å². The molecule has 6 heteroatoms. The minimum Gasteiger partial charge on any atom is -0.398 e. The summed E-state index contributed by atoms with van der Waals surface area (Å²) < 4.78 is 0. The molecule has 3 aromatic rings. The predicted octanol–water partition coefficient (Wildman–Crippen LogP) is 1.55. The van der Waals surface area contributed by atoms with Crippen LogP contribution in [0.3, 0.4) is 0 Å². The van der Waals surface area contributed by atoms with E-state index in [1.54, 1.807) is 12.5 Å². The highest BCUT2D eigenvalue weighted by molar-refractivity contribution is 5.69. The first-order chi connectivity index (χ1) is 8.83. The molecule has 0 unspecified atom stereocenters. The number of rotatable bonds is 3. The third kappa shape index (κ3) is 1.95. The van der Waals surface area contributed by atoms with Crippen molar-refractivity contribution in [3.05, 3.63) is 42.4 Å². The van der Waals surface area contributed by atoms with Crippen LogP contribution in [0.25, 0.3) is 11.2 Å². The molecule has 0 amide bonds. The molecule has 18 heavy (non-hydrogen) atoms. The second kappa shape index (κ2) is 4.33. The Morgan fingerprint density at radius 1 is 1.22 bits per heavy atom. The van der Waals surface area contributed by atoms with Crippen LogP contribution in [-0.2, 0) is 6.54 Å². The SMILES string of the molecule is Nc1ccccc1CNc1ncc2[nH]cnc2n1. The van der Waals surface area contributed by atoms with Gasteiger partial charge in [0.15, 0.2) is 5.65 Å². The van der Waals surface area contributed by atoms with Crippen molar-refractivity contribution in [1.29, 1.82) is 0 Å². The van der Waals surface area contributed by atoms with Crippen molar-refractivity contribution in [2.45, 2.75) is 6.54 Å². The lowest BCUT2D eigenvalue weighted by atomic mass is 10.2. The van der Waals surface area contributed by atoms with E-state index in [9.17, 15) is 0 Å². The van der Waals surface area contributed by atoms with E-state index in [-0.39, 0.29) is 0 Å². The monoisotopic (exact) mass is 240 g/mol. The maximum absolute atomic E-state index is 5.86. The van der Waals surface area contributed by atoms with Crippen molar-refractivity contribution >= 4 is 22.8 Å². The Bertz CT molecular complexity index is 675. The number of fused-ring (bicyclic) bond motifs is 1. The number of nitrogens with zero attached hydrogens (tertiary/aromatic N) is 3. The van der Waals surface area contributed by atoms with Crippen LogP contribution in [-0.4, -0.2) is 19.9 Å². The molecule has 0 fully saturated rings. The van der Waals surface area contributed by atoms with Crippen molar-refractivity contribution in [3.8, 4) is 0 Å². The van der Waals surface area contributed by atoms with Crippen LogP contribution in [0.15, 0.2) is 36.8 Å². The molecule has 0 saturated heterocycles. The summed E-state index contributed by atoms with van der Waals surface area (Å²) in [5.41, 5.74) is 9.10. The molecule has 0 aliphatic rings. The Morgan fingerprint density at radius 3 is 3.00 bits per heavy atom. The van der Waals surface area contributed by atoms with E-state index in [0.29, 0.717) is 18.1 Å². The normalized spacial score (nSPS) is 10.7. The number of aromatic amines is 1. The molecule has 0 bridgehead atoms. The summed E-state index contributed by atoms with van der Waals surface area (Å²) in [5.74, 6) is 0.540. The van der Waals surface area contributed by atoms with Gasteiger partial charge in [0.2, 0.25) is 5.95 Å². The van der Waals surface area contributed by atoms with Crippen LogP contribution < -0.4 is 11.1 Å². The molecule has 0 aliphatic heterocycles. The summed E-state index contributed by atoms with van der Waals surface area (Å²) in [5, 5.41) is 3.13. The summed E-state index contributed by atoms with van der Waals surface area (Å²) in [6.45, 7) is 0.586. The van der Waals surface area contributed by atoms with Crippen molar-refractivity contribution < 1.29 is 0 Å². The van der Waals surface area contributed by atoms with Gasteiger partial charge < -0.3 is 16.0 Å². The predicted molar refractivity (Wildman–Crippen MR) is 69.9 cm³/mol. The molecule has 6 nitrogen and oxygen atoms in total. The molecule has 2 heterocycles. The average molecular weight is 240 g/mol. The van der Waals surface area contributed by atoms with Crippen LogP contribution in [0, 0.1) is 0 Å². The molecular formula is C12H12N6. The number of H-pyrrole nitrogens is 1. The fourth-order valence-corrected chi connectivity index (χ4v) is 1.69. The summed E-state index contributed by atoms with van der Waals surface area (Å²) in [6, 6.07) is 7.69. The van der Waals surface area contributed by atoms with Crippen molar-refractivity contribution in [2.75, 3.05) is 11.1 Å². The molecular weight excluding hydrogens is 228 g/mol. The second-order valence-corrected chi connectivity index (χ2v) is 3.89. The van der Waals surface area contributed by atoms with Gasteiger partial charge in [-0.2, -0.15) is 4.98 Å². The van der Waals surface area contributed by atoms with Gasteiger partial charge in [-0.3, -0.25) is 0 Å². The number of para-hydroxylation sites is 1. The number of benzene rings is 1. The standard InChI is InChI=1S/C12H12N6/c13-9-4-2-1-3-8(9)5-14-12-15-6-10-11(18-12)17-7-16-10/h1-4,6-7H,5,13H2,(H2,14,15,16,17,18). The minimum atomic E-state index is 0.540. The fourth-order valence-electron chi connectivity index (χ4n) is 1.69. The number of nitrogens with one attached hydrogen (secondary N) is 2. The summed E-state index contributed by atoms with van der Waals surface area (Å²) in [4.78, 5) is 15.5. The minimum absolute atomic E-state index is 0.540. The zero-order valence-electron chi connectivity index (χ0n) is 9.59. The van der Waals surface area contributed by atoms with E-state index < -0.39 is 0 Å².